The van der Waals surface area contributed by atoms with Gasteiger partial charge in [-0.05, 0) is 38.3 Å². The molecule has 0 radical (unpaired) electrons. The summed E-state index contributed by atoms with van der Waals surface area (Å²) in [5.74, 6) is 1.09. The molecule has 1 unspecified atom stereocenters. The van der Waals surface area contributed by atoms with Crippen LogP contribution in [0.3, 0.4) is 0 Å². The van der Waals surface area contributed by atoms with Crippen LogP contribution in [-0.2, 0) is 17.6 Å². The van der Waals surface area contributed by atoms with Crippen molar-refractivity contribution in [3.63, 3.8) is 0 Å². The van der Waals surface area contributed by atoms with Crippen LogP contribution < -0.4 is 5.32 Å². The first-order valence-corrected chi connectivity index (χ1v) is 7.81. The monoisotopic (exact) mass is 310 g/mol. The molecule has 3 aromatic rings. The highest BCUT2D eigenvalue weighted by Gasteiger charge is 2.28. The first kappa shape index (κ1) is 14.0. The quantitative estimate of drug-likeness (QED) is 0.790. The van der Waals surface area contributed by atoms with Crippen LogP contribution in [0.2, 0.25) is 0 Å². The first-order valence-electron chi connectivity index (χ1n) is 7.81. The zero-order chi connectivity index (χ0) is 16.0. The molecule has 0 spiro atoms. The van der Waals surface area contributed by atoms with Crippen molar-refractivity contribution in [2.75, 3.05) is 5.32 Å². The molecule has 0 aliphatic heterocycles. The molecule has 23 heavy (non-hydrogen) atoms. The maximum absolute atomic E-state index is 12.5. The van der Waals surface area contributed by atoms with Gasteiger partial charge in [-0.25, -0.2) is 4.98 Å². The van der Waals surface area contributed by atoms with Gasteiger partial charge in [0.05, 0.1) is 5.69 Å². The number of aryl methyl sites for hydroxylation is 3. The third-order valence-corrected chi connectivity index (χ3v) is 4.37. The molecule has 0 bridgehead atoms. The fourth-order valence-electron chi connectivity index (χ4n) is 3.19. The standard InChI is InChI=1S/C17H18N4O2/c1-10-3-6-16-18-13-5-4-12(8-14(13)21(16)9-10)17(22)19-15-7-11(2)23-20-15/h3,6-7,9,12H,4-5,8H2,1-2H3,(H,19,20,22). The highest BCUT2D eigenvalue weighted by molar-refractivity contribution is 5.92. The van der Waals surface area contributed by atoms with E-state index in [0.717, 1.165) is 29.9 Å². The SMILES string of the molecule is Cc1ccc2nc3c(n2c1)CC(C(=O)Nc1cc(C)on1)CC3. The summed E-state index contributed by atoms with van der Waals surface area (Å²) in [6.45, 7) is 3.86. The summed E-state index contributed by atoms with van der Waals surface area (Å²) in [6, 6.07) is 5.81. The molecule has 1 atom stereocenters. The summed E-state index contributed by atoms with van der Waals surface area (Å²) in [5.41, 5.74) is 4.39. The second-order valence-corrected chi connectivity index (χ2v) is 6.19. The maximum atomic E-state index is 12.5. The van der Waals surface area contributed by atoms with E-state index in [1.807, 2.05) is 6.07 Å². The number of pyridine rings is 1. The average Bonchev–Trinajstić information content (AvgIpc) is 3.10. The third kappa shape index (κ3) is 2.50. The van der Waals surface area contributed by atoms with Crippen LogP contribution in [0.5, 0.6) is 0 Å². The Balaban J connectivity index is 1.59. The number of nitrogens with one attached hydrogen (secondary N) is 1. The van der Waals surface area contributed by atoms with Gasteiger partial charge in [-0.3, -0.25) is 4.79 Å². The van der Waals surface area contributed by atoms with Crippen molar-refractivity contribution in [1.29, 1.82) is 0 Å². The Kier molecular flexibility index (Phi) is 3.18. The van der Waals surface area contributed by atoms with Gasteiger partial charge < -0.3 is 14.2 Å². The van der Waals surface area contributed by atoms with E-state index in [1.165, 1.54) is 5.56 Å². The summed E-state index contributed by atoms with van der Waals surface area (Å²) < 4.78 is 7.10. The second-order valence-electron chi connectivity index (χ2n) is 6.19. The number of amides is 1. The van der Waals surface area contributed by atoms with Gasteiger partial charge in [0.2, 0.25) is 5.91 Å². The minimum Gasteiger partial charge on any atom is -0.360 e. The van der Waals surface area contributed by atoms with Crippen LogP contribution in [-0.4, -0.2) is 20.4 Å². The smallest absolute Gasteiger partial charge is 0.229 e. The van der Waals surface area contributed by atoms with Gasteiger partial charge in [0.25, 0.3) is 0 Å². The number of anilines is 1. The predicted octanol–water partition coefficient (Wildman–Crippen LogP) is 2.68. The highest BCUT2D eigenvalue weighted by Crippen LogP contribution is 2.27. The van der Waals surface area contributed by atoms with Crippen molar-refractivity contribution in [2.45, 2.75) is 33.1 Å². The molecule has 1 amide bonds. The Bertz CT molecular complexity index is 893. The predicted molar refractivity (Wildman–Crippen MR) is 85.3 cm³/mol. The molecule has 0 saturated heterocycles. The van der Waals surface area contributed by atoms with E-state index in [9.17, 15) is 4.79 Å². The zero-order valence-electron chi connectivity index (χ0n) is 13.2. The maximum Gasteiger partial charge on any atom is 0.229 e. The lowest BCUT2D eigenvalue weighted by Crippen LogP contribution is -2.28. The van der Waals surface area contributed by atoms with Crippen molar-refractivity contribution in [2.24, 2.45) is 5.92 Å². The molecule has 1 aliphatic carbocycles. The van der Waals surface area contributed by atoms with Gasteiger partial charge in [0, 0.05) is 30.3 Å². The molecule has 118 valence electrons. The molecule has 3 heterocycles. The average molecular weight is 310 g/mol. The first-order chi connectivity index (χ1) is 11.1. The Morgan fingerprint density at radius 3 is 3.04 bits per heavy atom. The molecular weight excluding hydrogens is 292 g/mol. The molecule has 4 rings (SSSR count). The molecule has 3 aromatic heterocycles. The van der Waals surface area contributed by atoms with Crippen LogP contribution in [0.1, 0.15) is 29.1 Å². The summed E-state index contributed by atoms with van der Waals surface area (Å²) in [5, 5.41) is 6.66. The topological polar surface area (TPSA) is 72.4 Å². The van der Waals surface area contributed by atoms with E-state index in [2.05, 4.69) is 39.0 Å². The normalized spacial score (nSPS) is 17.2. The summed E-state index contributed by atoms with van der Waals surface area (Å²) in [6.07, 6.45) is 4.41. The van der Waals surface area contributed by atoms with E-state index in [4.69, 9.17) is 4.52 Å². The number of imidazole rings is 1. The summed E-state index contributed by atoms with van der Waals surface area (Å²) >= 11 is 0. The van der Waals surface area contributed by atoms with E-state index in [-0.39, 0.29) is 11.8 Å². The van der Waals surface area contributed by atoms with Gasteiger partial charge in [-0.2, -0.15) is 0 Å². The number of carbonyl (C=O) groups is 1. The molecule has 1 N–H and O–H groups in total. The number of aromatic nitrogens is 3. The Morgan fingerprint density at radius 1 is 1.39 bits per heavy atom. The van der Waals surface area contributed by atoms with Crippen LogP contribution in [0, 0.1) is 19.8 Å². The van der Waals surface area contributed by atoms with Crippen molar-refractivity contribution in [3.8, 4) is 0 Å². The lowest BCUT2D eigenvalue weighted by Gasteiger charge is -2.20. The second kappa shape index (κ2) is 5.22. The molecule has 0 saturated carbocycles. The number of nitrogens with zero attached hydrogens (tertiary/aromatic N) is 3. The Hall–Kier alpha value is -2.63. The lowest BCUT2D eigenvalue weighted by molar-refractivity contribution is -0.120. The molecule has 1 aliphatic rings. The molecule has 6 heteroatoms. The number of hydrogen-bond donors (Lipinski definition) is 1. The minimum atomic E-state index is -0.0695. The number of carbonyl (C=O) groups excluding carboxylic acids is 1. The zero-order valence-corrected chi connectivity index (χ0v) is 13.2. The lowest BCUT2D eigenvalue weighted by atomic mass is 9.89. The fourth-order valence-corrected chi connectivity index (χ4v) is 3.19. The van der Waals surface area contributed by atoms with Crippen molar-refractivity contribution in [1.82, 2.24) is 14.5 Å². The molecule has 0 fully saturated rings. The highest BCUT2D eigenvalue weighted by atomic mass is 16.5. The van der Waals surface area contributed by atoms with Crippen molar-refractivity contribution in [3.05, 3.63) is 47.1 Å². The molecular formula is C17H18N4O2. The summed E-state index contributed by atoms with van der Waals surface area (Å²) in [4.78, 5) is 17.2. The van der Waals surface area contributed by atoms with Crippen LogP contribution in [0.15, 0.2) is 28.9 Å². The van der Waals surface area contributed by atoms with Gasteiger partial charge in [0.1, 0.15) is 11.4 Å². The fraction of sp³-hybridized carbons (Fsp3) is 0.353. The van der Waals surface area contributed by atoms with Gasteiger partial charge in [-0.1, -0.05) is 11.2 Å². The van der Waals surface area contributed by atoms with Crippen LogP contribution in [0.25, 0.3) is 5.65 Å². The summed E-state index contributed by atoms with van der Waals surface area (Å²) in [7, 11) is 0. The Morgan fingerprint density at radius 2 is 2.26 bits per heavy atom. The van der Waals surface area contributed by atoms with Gasteiger partial charge >= 0.3 is 0 Å². The van der Waals surface area contributed by atoms with Crippen LogP contribution in [0.4, 0.5) is 5.82 Å². The van der Waals surface area contributed by atoms with E-state index in [1.54, 1.807) is 13.0 Å². The number of rotatable bonds is 2. The molecule has 6 nitrogen and oxygen atoms in total. The number of fused-ring (bicyclic) bond motifs is 3. The van der Waals surface area contributed by atoms with E-state index < -0.39 is 0 Å². The largest absolute Gasteiger partial charge is 0.360 e. The Labute approximate surface area is 133 Å². The van der Waals surface area contributed by atoms with Crippen molar-refractivity contribution < 1.29 is 9.32 Å². The molecule has 0 aromatic carbocycles. The number of hydrogen-bond acceptors (Lipinski definition) is 4. The van der Waals surface area contributed by atoms with E-state index >= 15 is 0 Å². The van der Waals surface area contributed by atoms with Crippen LogP contribution >= 0.6 is 0 Å². The third-order valence-electron chi connectivity index (χ3n) is 4.37. The minimum absolute atomic E-state index is 0.00782. The van der Waals surface area contributed by atoms with Gasteiger partial charge in [-0.15, -0.1) is 0 Å². The van der Waals surface area contributed by atoms with Crippen molar-refractivity contribution >= 4 is 17.4 Å². The van der Waals surface area contributed by atoms with E-state index in [0.29, 0.717) is 18.0 Å². The van der Waals surface area contributed by atoms with Gasteiger partial charge in [0.15, 0.2) is 5.82 Å².